The normalized spacial score (nSPS) is 14.1. The van der Waals surface area contributed by atoms with E-state index in [-0.39, 0.29) is 0 Å². The van der Waals surface area contributed by atoms with Crippen LogP contribution in [0.5, 0.6) is 5.75 Å². The van der Waals surface area contributed by atoms with E-state index in [1.54, 1.807) is 13.0 Å². The summed E-state index contributed by atoms with van der Waals surface area (Å²) in [5.74, 6) is 0.0862. The number of carboxylic acid groups (broad SMARTS) is 1. The van der Waals surface area contributed by atoms with Gasteiger partial charge in [-0.1, -0.05) is 22.0 Å². The van der Waals surface area contributed by atoms with Crippen molar-refractivity contribution in [2.45, 2.75) is 19.9 Å². The number of ether oxygens (including phenoxy) is 1. The van der Waals surface area contributed by atoms with Gasteiger partial charge in [0.2, 0.25) is 0 Å². The predicted molar refractivity (Wildman–Crippen MR) is 76.4 cm³/mol. The van der Waals surface area contributed by atoms with Crippen LogP contribution in [-0.2, 0) is 17.8 Å². The summed E-state index contributed by atoms with van der Waals surface area (Å²) in [4.78, 5) is 10.6. The molecule has 102 valence electrons. The molecule has 0 bridgehead atoms. The number of hydrogen-bond donors (Lipinski definition) is 2. The molecule has 5 heteroatoms. The Hall–Kier alpha value is -1.33. The average molecular weight is 326 g/mol. The van der Waals surface area contributed by atoms with E-state index < -0.39 is 5.97 Å². The molecule has 0 spiro atoms. The van der Waals surface area contributed by atoms with Crippen LogP contribution in [0.1, 0.15) is 18.1 Å². The molecular weight excluding hydrogens is 310 g/mol. The van der Waals surface area contributed by atoms with Crippen molar-refractivity contribution < 1.29 is 14.6 Å². The van der Waals surface area contributed by atoms with Crippen LogP contribution in [0.3, 0.4) is 0 Å². The first-order valence-corrected chi connectivity index (χ1v) is 6.92. The summed E-state index contributed by atoms with van der Waals surface area (Å²) in [5.41, 5.74) is 2.68. The van der Waals surface area contributed by atoms with E-state index in [0.29, 0.717) is 18.7 Å². The first-order chi connectivity index (χ1) is 9.08. The number of carboxylic acids is 1. The van der Waals surface area contributed by atoms with E-state index in [2.05, 4.69) is 27.3 Å². The van der Waals surface area contributed by atoms with Gasteiger partial charge in [-0.25, -0.2) is 4.79 Å². The smallest absolute Gasteiger partial charge is 0.330 e. The standard InChI is InChI=1S/C14H16BrNO3/c1-9(14(17)18)2-4-16-8-11-7-12(15)6-10-3-5-19-13(10)11/h2,6-7,16H,3-5,8H2,1H3,(H,17,18)/b9-2-. The van der Waals surface area contributed by atoms with Crippen molar-refractivity contribution >= 4 is 21.9 Å². The van der Waals surface area contributed by atoms with Crippen LogP contribution in [0.25, 0.3) is 0 Å². The van der Waals surface area contributed by atoms with Crippen LogP contribution in [-0.4, -0.2) is 24.2 Å². The molecule has 0 aliphatic carbocycles. The second-order valence-corrected chi connectivity index (χ2v) is 5.39. The maximum atomic E-state index is 10.6. The summed E-state index contributed by atoms with van der Waals surface area (Å²) in [6, 6.07) is 4.12. The van der Waals surface area contributed by atoms with Gasteiger partial charge in [0.15, 0.2) is 0 Å². The van der Waals surface area contributed by atoms with E-state index in [1.807, 2.05) is 6.07 Å². The van der Waals surface area contributed by atoms with Gasteiger partial charge < -0.3 is 15.2 Å². The molecule has 0 saturated carbocycles. The predicted octanol–water partition coefficient (Wildman–Crippen LogP) is 2.50. The van der Waals surface area contributed by atoms with E-state index in [4.69, 9.17) is 9.84 Å². The first-order valence-electron chi connectivity index (χ1n) is 6.13. The van der Waals surface area contributed by atoms with Crippen LogP contribution in [0.2, 0.25) is 0 Å². The number of aliphatic carboxylic acids is 1. The molecule has 2 N–H and O–H groups in total. The SMILES string of the molecule is C/C(=C/CNCc1cc(Br)cc2c1OCC2)C(=O)O. The zero-order valence-corrected chi connectivity index (χ0v) is 12.3. The Morgan fingerprint density at radius 3 is 3.11 bits per heavy atom. The molecule has 1 aromatic carbocycles. The Morgan fingerprint density at radius 2 is 2.37 bits per heavy atom. The van der Waals surface area contributed by atoms with Gasteiger partial charge in [0.25, 0.3) is 0 Å². The molecule has 0 aromatic heterocycles. The number of nitrogens with one attached hydrogen (secondary N) is 1. The minimum absolute atomic E-state index is 0.350. The molecule has 4 nitrogen and oxygen atoms in total. The lowest BCUT2D eigenvalue weighted by Crippen LogP contribution is -2.14. The molecule has 1 aromatic rings. The highest BCUT2D eigenvalue weighted by atomic mass is 79.9. The molecule has 1 aliphatic heterocycles. The fourth-order valence-corrected chi connectivity index (χ4v) is 2.55. The minimum atomic E-state index is -0.881. The number of benzene rings is 1. The van der Waals surface area contributed by atoms with Gasteiger partial charge in [0, 0.05) is 35.1 Å². The summed E-state index contributed by atoms with van der Waals surface area (Å²) in [5, 5.41) is 11.9. The van der Waals surface area contributed by atoms with Crippen molar-refractivity contribution in [3.8, 4) is 5.75 Å². The monoisotopic (exact) mass is 325 g/mol. The van der Waals surface area contributed by atoms with Crippen molar-refractivity contribution in [3.63, 3.8) is 0 Å². The third kappa shape index (κ3) is 3.58. The molecule has 1 aliphatic rings. The third-order valence-electron chi connectivity index (χ3n) is 3.03. The van der Waals surface area contributed by atoms with Crippen LogP contribution < -0.4 is 10.1 Å². The Morgan fingerprint density at radius 1 is 1.58 bits per heavy atom. The van der Waals surface area contributed by atoms with Crippen molar-refractivity contribution in [3.05, 3.63) is 39.4 Å². The zero-order chi connectivity index (χ0) is 13.8. The molecule has 0 atom stereocenters. The van der Waals surface area contributed by atoms with Crippen LogP contribution >= 0.6 is 15.9 Å². The lowest BCUT2D eigenvalue weighted by atomic mass is 10.1. The van der Waals surface area contributed by atoms with Gasteiger partial charge in [-0.2, -0.15) is 0 Å². The summed E-state index contributed by atoms with van der Waals surface area (Å²) in [6.07, 6.45) is 2.61. The van der Waals surface area contributed by atoms with E-state index >= 15 is 0 Å². The van der Waals surface area contributed by atoms with Gasteiger partial charge in [-0.15, -0.1) is 0 Å². The summed E-state index contributed by atoms with van der Waals surface area (Å²) in [6.45, 7) is 3.51. The molecule has 0 unspecified atom stereocenters. The maximum Gasteiger partial charge on any atom is 0.330 e. The topological polar surface area (TPSA) is 58.6 Å². The average Bonchev–Trinajstić information content (AvgIpc) is 2.81. The van der Waals surface area contributed by atoms with Crippen molar-refractivity contribution in [1.29, 1.82) is 0 Å². The highest BCUT2D eigenvalue weighted by Crippen LogP contribution is 2.32. The maximum absolute atomic E-state index is 10.6. The number of rotatable bonds is 5. The minimum Gasteiger partial charge on any atom is -0.493 e. The second kappa shape index (κ2) is 6.21. The Balaban J connectivity index is 1.97. The van der Waals surface area contributed by atoms with Gasteiger partial charge >= 0.3 is 5.97 Å². The van der Waals surface area contributed by atoms with Gasteiger partial charge in [-0.05, 0) is 24.6 Å². The van der Waals surface area contributed by atoms with Crippen LogP contribution in [0.4, 0.5) is 0 Å². The Labute approximate surface area is 120 Å². The molecular formula is C14H16BrNO3. The summed E-state index contributed by atoms with van der Waals surface area (Å²) < 4.78 is 6.68. The number of halogens is 1. The zero-order valence-electron chi connectivity index (χ0n) is 10.7. The lowest BCUT2D eigenvalue weighted by Gasteiger charge is -2.09. The summed E-state index contributed by atoms with van der Waals surface area (Å²) >= 11 is 3.49. The van der Waals surface area contributed by atoms with Crippen LogP contribution in [0, 0.1) is 0 Å². The number of fused-ring (bicyclic) bond motifs is 1. The first kappa shape index (κ1) is 14.1. The largest absolute Gasteiger partial charge is 0.493 e. The summed E-state index contributed by atoms with van der Waals surface area (Å²) in [7, 11) is 0. The van der Waals surface area contributed by atoms with Gasteiger partial charge in [0.05, 0.1) is 6.61 Å². The molecule has 1 heterocycles. The molecule has 2 rings (SSSR count). The Kier molecular flexibility index (Phi) is 4.61. The molecule has 0 radical (unpaired) electrons. The van der Waals surface area contributed by atoms with Gasteiger partial charge in [0.1, 0.15) is 5.75 Å². The fourth-order valence-electron chi connectivity index (χ4n) is 2.00. The van der Waals surface area contributed by atoms with E-state index in [9.17, 15) is 4.79 Å². The highest BCUT2D eigenvalue weighted by molar-refractivity contribution is 9.10. The molecule has 0 saturated heterocycles. The number of carbonyl (C=O) groups is 1. The van der Waals surface area contributed by atoms with Crippen LogP contribution in [0.15, 0.2) is 28.3 Å². The molecule has 0 fully saturated rings. The second-order valence-electron chi connectivity index (χ2n) is 4.47. The third-order valence-corrected chi connectivity index (χ3v) is 3.49. The van der Waals surface area contributed by atoms with Crippen molar-refractivity contribution in [2.75, 3.05) is 13.2 Å². The Bertz CT molecular complexity index is 526. The lowest BCUT2D eigenvalue weighted by molar-refractivity contribution is -0.132. The van der Waals surface area contributed by atoms with E-state index in [0.717, 1.165) is 28.8 Å². The molecule has 19 heavy (non-hydrogen) atoms. The quantitative estimate of drug-likeness (QED) is 0.645. The number of hydrogen-bond acceptors (Lipinski definition) is 3. The van der Waals surface area contributed by atoms with Crippen molar-refractivity contribution in [1.82, 2.24) is 5.32 Å². The molecule has 0 amide bonds. The fraction of sp³-hybridized carbons (Fsp3) is 0.357. The highest BCUT2D eigenvalue weighted by Gasteiger charge is 2.16. The van der Waals surface area contributed by atoms with E-state index in [1.165, 1.54) is 5.56 Å². The van der Waals surface area contributed by atoms with Crippen molar-refractivity contribution in [2.24, 2.45) is 0 Å². The van der Waals surface area contributed by atoms with Gasteiger partial charge in [-0.3, -0.25) is 0 Å².